The third-order valence-electron chi connectivity index (χ3n) is 3.92. The first-order valence-electron chi connectivity index (χ1n) is 7.33. The van der Waals surface area contributed by atoms with E-state index < -0.39 is 10.8 Å². The van der Waals surface area contributed by atoms with Gasteiger partial charge in [-0.1, -0.05) is 13.3 Å². The van der Waals surface area contributed by atoms with Gasteiger partial charge in [0.1, 0.15) is 0 Å². The van der Waals surface area contributed by atoms with Crippen molar-refractivity contribution in [3.8, 4) is 0 Å². The Morgan fingerprint density at radius 2 is 2.37 bits per heavy atom. The highest BCUT2D eigenvalue weighted by Crippen LogP contribution is 2.23. The highest BCUT2D eigenvalue weighted by Gasteiger charge is 2.26. The summed E-state index contributed by atoms with van der Waals surface area (Å²) in [6.07, 6.45) is 5.80. The van der Waals surface area contributed by atoms with Crippen LogP contribution in [0.5, 0.6) is 0 Å². The Morgan fingerprint density at radius 1 is 1.53 bits per heavy atom. The van der Waals surface area contributed by atoms with Crippen molar-refractivity contribution in [3.05, 3.63) is 22.4 Å². The maximum absolute atomic E-state index is 11.9. The molecule has 0 spiro atoms. The molecule has 4 heteroatoms. The van der Waals surface area contributed by atoms with Crippen LogP contribution in [0.15, 0.2) is 16.8 Å². The van der Waals surface area contributed by atoms with Gasteiger partial charge in [-0.15, -0.1) is 0 Å². The van der Waals surface area contributed by atoms with Crippen LogP contribution in [0.25, 0.3) is 0 Å². The number of thiophene rings is 1. The molecular formula is C15H25NOS2. The fourth-order valence-electron chi connectivity index (χ4n) is 2.99. The molecule has 0 saturated heterocycles. The van der Waals surface area contributed by atoms with Gasteiger partial charge in [0, 0.05) is 33.9 Å². The first kappa shape index (κ1) is 15.2. The van der Waals surface area contributed by atoms with E-state index in [1.165, 1.54) is 18.4 Å². The van der Waals surface area contributed by atoms with Crippen LogP contribution in [-0.4, -0.2) is 27.3 Å². The highest BCUT2D eigenvalue weighted by atomic mass is 32.2. The molecule has 2 rings (SSSR count). The minimum atomic E-state index is -0.619. The number of hydrogen-bond donors (Lipinski definition) is 1. The fraction of sp³-hybridized carbons (Fsp3) is 0.733. The molecule has 0 amide bonds. The Bertz CT molecular complexity index is 391. The van der Waals surface area contributed by atoms with E-state index in [-0.39, 0.29) is 0 Å². The topological polar surface area (TPSA) is 29.1 Å². The molecule has 4 atom stereocenters. The number of rotatable bonds is 6. The Hall–Kier alpha value is -0.190. The fourth-order valence-corrected chi connectivity index (χ4v) is 5.02. The van der Waals surface area contributed by atoms with Gasteiger partial charge < -0.3 is 5.32 Å². The second kappa shape index (κ2) is 7.55. The van der Waals surface area contributed by atoms with Crippen LogP contribution in [0.3, 0.4) is 0 Å². The smallest absolute Gasteiger partial charge is 0.0362 e. The summed E-state index contributed by atoms with van der Waals surface area (Å²) in [5.74, 6) is 0.807. The quantitative estimate of drug-likeness (QED) is 0.873. The summed E-state index contributed by atoms with van der Waals surface area (Å²) >= 11 is 1.77. The molecule has 1 heterocycles. The van der Waals surface area contributed by atoms with Crippen molar-refractivity contribution in [3.63, 3.8) is 0 Å². The van der Waals surface area contributed by atoms with E-state index in [1.54, 1.807) is 11.3 Å². The third-order valence-corrected chi connectivity index (χ3v) is 6.40. The molecule has 0 unspecified atom stereocenters. The summed E-state index contributed by atoms with van der Waals surface area (Å²) in [4.78, 5) is 0. The minimum absolute atomic E-state index is 0.421. The van der Waals surface area contributed by atoms with Gasteiger partial charge in [-0.3, -0.25) is 4.21 Å². The van der Waals surface area contributed by atoms with Crippen LogP contribution in [0, 0.1) is 0 Å². The van der Waals surface area contributed by atoms with E-state index in [0.29, 0.717) is 17.3 Å². The molecule has 0 radical (unpaired) electrons. The lowest BCUT2D eigenvalue weighted by molar-refractivity contribution is 0.346. The third kappa shape index (κ3) is 4.69. The zero-order chi connectivity index (χ0) is 13.7. The van der Waals surface area contributed by atoms with Crippen molar-refractivity contribution in [1.82, 2.24) is 5.32 Å². The number of hydrogen-bond acceptors (Lipinski definition) is 3. The van der Waals surface area contributed by atoms with Gasteiger partial charge in [-0.05, 0) is 55.0 Å². The van der Waals surface area contributed by atoms with Crippen molar-refractivity contribution >= 4 is 22.1 Å². The summed E-state index contributed by atoms with van der Waals surface area (Å²) in [6, 6.07) is 3.27. The van der Waals surface area contributed by atoms with Gasteiger partial charge in [0.15, 0.2) is 0 Å². The molecule has 1 N–H and O–H groups in total. The van der Waals surface area contributed by atoms with Crippen LogP contribution >= 0.6 is 11.3 Å². The van der Waals surface area contributed by atoms with E-state index in [9.17, 15) is 4.21 Å². The van der Waals surface area contributed by atoms with Gasteiger partial charge in [-0.2, -0.15) is 11.3 Å². The Balaban J connectivity index is 1.80. The molecule has 0 aliphatic heterocycles. The normalized spacial score (nSPS) is 27.1. The predicted octanol–water partition coefficient (Wildman–Crippen LogP) is 3.35. The van der Waals surface area contributed by atoms with Gasteiger partial charge in [-0.25, -0.2) is 0 Å². The molecule has 1 aromatic heterocycles. The predicted molar refractivity (Wildman–Crippen MR) is 85.3 cm³/mol. The first-order valence-corrected chi connectivity index (χ1v) is 9.65. The molecule has 0 aromatic carbocycles. The van der Waals surface area contributed by atoms with Crippen molar-refractivity contribution in [2.24, 2.45) is 0 Å². The molecule has 1 aromatic rings. The molecule has 19 heavy (non-hydrogen) atoms. The molecule has 1 fully saturated rings. The summed E-state index contributed by atoms with van der Waals surface area (Å²) in [5, 5.41) is 8.53. The van der Waals surface area contributed by atoms with Crippen LogP contribution in [0.1, 0.15) is 45.1 Å². The molecule has 1 saturated carbocycles. The van der Waals surface area contributed by atoms with Gasteiger partial charge in [0.25, 0.3) is 0 Å². The van der Waals surface area contributed by atoms with Crippen molar-refractivity contribution in [1.29, 1.82) is 0 Å². The van der Waals surface area contributed by atoms with Crippen LogP contribution in [-0.2, 0) is 17.2 Å². The molecule has 1 aliphatic rings. The SMILES string of the molecule is CC[S@@](=O)[C@@H]1CCC[C@H](N[C@@H](C)Cc2ccsc2)C1. The molecule has 0 bridgehead atoms. The van der Waals surface area contributed by atoms with E-state index in [1.807, 2.05) is 6.92 Å². The van der Waals surface area contributed by atoms with Crippen LogP contribution < -0.4 is 5.32 Å². The Kier molecular flexibility index (Phi) is 6.05. The van der Waals surface area contributed by atoms with Gasteiger partial charge in [0.05, 0.1) is 0 Å². The largest absolute Gasteiger partial charge is 0.311 e. The van der Waals surface area contributed by atoms with Crippen LogP contribution in [0.4, 0.5) is 0 Å². The van der Waals surface area contributed by atoms with E-state index in [4.69, 9.17) is 0 Å². The minimum Gasteiger partial charge on any atom is -0.311 e. The van der Waals surface area contributed by atoms with Crippen molar-refractivity contribution in [2.75, 3.05) is 5.75 Å². The number of nitrogens with one attached hydrogen (secondary N) is 1. The van der Waals surface area contributed by atoms with Gasteiger partial charge in [0.2, 0.25) is 0 Å². The van der Waals surface area contributed by atoms with Crippen molar-refractivity contribution in [2.45, 2.75) is 63.3 Å². The summed E-state index contributed by atoms with van der Waals surface area (Å²) in [5.41, 5.74) is 1.43. The van der Waals surface area contributed by atoms with Crippen LogP contribution in [0.2, 0.25) is 0 Å². The Morgan fingerprint density at radius 3 is 3.05 bits per heavy atom. The first-order chi connectivity index (χ1) is 9.19. The standard InChI is InChI=1S/C15H25NOS2/c1-3-19(17)15-6-4-5-14(10-15)16-12(2)9-13-7-8-18-11-13/h7-8,11-12,14-16H,3-6,9-10H2,1-2H3/t12-,14-,15+,19+/m0/s1. The van der Waals surface area contributed by atoms with Gasteiger partial charge >= 0.3 is 0 Å². The highest BCUT2D eigenvalue weighted by molar-refractivity contribution is 7.85. The molecule has 2 nitrogen and oxygen atoms in total. The molecular weight excluding hydrogens is 274 g/mol. The van der Waals surface area contributed by atoms with Crippen molar-refractivity contribution < 1.29 is 4.21 Å². The monoisotopic (exact) mass is 299 g/mol. The summed E-state index contributed by atoms with van der Waals surface area (Å²) in [7, 11) is -0.619. The zero-order valence-corrected chi connectivity index (χ0v) is 13.6. The van der Waals surface area contributed by atoms with E-state index in [0.717, 1.165) is 25.0 Å². The lowest BCUT2D eigenvalue weighted by Gasteiger charge is -2.31. The van der Waals surface area contributed by atoms with E-state index >= 15 is 0 Å². The molecule has 108 valence electrons. The maximum atomic E-state index is 11.9. The maximum Gasteiger partial charge on any atom is 0.0362 e. The lowest BCUT2D eigenvalue weighted by Crippen LogP contribution is -2.42. The van der Waals surface area contributed by atoms with E-state index in [2.05, 4.69) is 29.1 Å². The average Bonchev–Trinajstić information content (AvgIpc) is 2.90. The zero-order valence-electron chi connectivity index (χ0n) is 11.9. The average molecular weight is 300 g/mol. The summed E-state index contributed by atoms with van der Waals surface area (Å²) in [6.45, 7) is 4.30. The second-order valence-corrected chi connectivity index (χ2v) is 8.34. The lowest BCUT2D eigenvalue weighted by atomic mass is 9.94. The summed E-state index contributed by atoms with van der Waals surface area (Å²) < 4.78 is 11.9. The second-order valence-electron chi connectivity index (χ2n) is 5.56. The Labute approximate surface area is 123 Å². The molecule has 1 aliphatic carbocycles.